The Bertz CT molecular complexity index is 623. The van der Waals surface area contributed by atoms with E-state index in [1.807, 2.05) is 13.0 Å². The zero-order valence-corrected chi connectivity index (χ0v) is 14.5. The molecule has 1 N–H and O–H groups in total. The van der Waals surface area contributed by atoms with Crippen molar-refractivity contribution in [3.63, 3.8) is 0 Å². The molecule has 0 saturated carbocycles. The molecule has 0 fully saturated rings. The molecule has 0 aliphatic rings. The van der Waals surface area contributed by atoms with Gasteiger partial charge in [-0.2, -0.15) is 0 Å². The van der Waals surface area contributed by atoms with Crippen molar-refractivity contribution < 1.29 is 9.18 Å². The fourth-order valence-electron chi connectivity index (χ4n) is 2.02. The van der Waals surface area contributed by atoms with Crippen molar-refractivity contribution in [2.24, 2.45) is 0 Å². The summed E-state index contributed by atoms with van der Waals surface area (Å²) >= 11 is 6.73. The maximum atomic E-state index is 12.9. The van der Waals surface area contributed by atoms with E-state index < -0.39 is 0 Å². The molecule has 0 saturated heterocycles. The minimum absolute atomic E-state index is 0.0410. The van der Waals surface area contributed by atoms with Crippen molar-refractivity contribution in [3.8, 4) is 0 Å². The Morgan fingerprint density at radius 3 is 2.29 bits per heavy atom. The van der Waals surface area contributed by atoms with Crippen LogP contribution in [0.3, 0.4) is 0 Å². The summed E-state index contributed by atoms with van der Waals surface area (Å²) in [7, 11) is 0. The van der Waals surface area contributed by atoms with E-state index in [-0.39, 0.29) is 17.8 Å². The van der Waals surface area contributed by atoms with Gasteiger partial charge in [0.1, 0.15) is 5.82 Å². The highest BCUT2D eigenvalue weighted by Gasteiger charge is 2.11. The van der Waals surface area contributed by atoms with Gasteiger partial charge in [0.15, 0.2) is 0 Å². The number of amides is 1. The van der Waals surface area contributed by atoms with Gasteiger partial charge in [0.05, 0.1) is 0 Å². The number of halogens is 3. The Morgan fingerprint density at radius 1 is 1.14 bits per heavy atom. The lowest BCUT2D eigenvalue weighted by atomic mass is 10.1. The Kier molecular flexibility index (Phi) is 5.53. The molecule has 1 atom stereocenters. The van der Waals surface area contributed by atoms with Crippen LogP contribution >= 0.6 is 31.9 Å². The van der Waals surface area contributed by atoms with Crippen LogP contribution in [0, 0.1) is 5.82 Å². The summed E-state index contributed by atoms with van der Waals surface area (Å²) in [6.45, 7) is 1.92. The van der Waals surface area contributed by atoms with Gasteiger partial charge in [-0.15, -0.1) is 0 Å². The van der Waals surface area contributed by atoms with Crippen molar-refractivity contribution in [2.75, 3.05) is 0 Å². The number of rotatable bonds is 4. The van der Waals surface area contributed by atoms with Gasteiger partial charge >= 0.3 is 0 Å². The maximum Gasteiger partial charge on any atom is 0.251 e. The van der Waals surface area contributed by atoms with E-state index in [9.17, 15) is 9.18 Å². The normalized spacial score (nSPS) is 12.0. The fourth-order valence-corrected chi connectivity index (χ4v) is 3.31. The molecule has 0 aromatic heterocycles. The lowest BCUT2D eigenvalue weighted by molar-refractivity contribution is 0.0940. The molecule has 2 nitrogen and oxygen atoms in total. The van der Waals surface area contributed by atoms with E-state index in [1.54, 1.807) is 24.3 Å². The molecule has 0 aliphatic heterocycles. The second-order valence-corrected chi connectivity index (χ2v) is 6.69. The monoisotopic (exact) mass is 413 g/mol. The summed E-state index contributed by atoms with van der Waals surface area (Å²) in [5, 5.41) is 2.94. The van der Waals surface area contributed by atoms with Crippen molar-refractivity contribution in [1.29, 1.82) is 0 Å². The maximum absolute atomic E-state index is 12.9. The average Bonchev–Trinajstić information content (AvgIpc) is 2.40. The molecule has 21 heavy (non-hydrogen) atoms. The topological polar surface area (TPSA) is 29.1 Å². The predicted molar refractivity (Wildman–Crippen MR) is 88.9 cm³/mol. The number of hydrogen-bond acceptors (Lipinski definition) is 1. The number of nitrogens with one attached hydrogen (secondary N) is 1. The lowest BCUT2D eigenvalue weighted by Gasteiger charge is -2.14. The second-order valence-electron chi connectivity index (χ2n) is 4.86. The SMILES string of the molecule is CC(Cc1ccc(F)cc1)NC(=O)c1cc(Br)cc(Br)c1. The van der Waals surface area contributed by atoms with E-state index in [2.05, 4.69) is 37.2 Å². The highest BCUT2D eigenvalue weighted by Crippen LogP contribution is 2.20. The Labute approximate surface area is 140 Å². The Balaban J connectivity index is 2.00. The summed E-state index contributed by atoms with van der Waals surface area (Å²) in [4.78, 5) is 12.2. The third-order valence-electron chi connectivity index (χ3n) is 2.96. The standard InChI is InChI=1S/C16H14Br2FNO/c1-10(6-11-2-4-15(19)5-3-11)20-16(21)12-7-13(17)9-14(18)8-12/h2-5,7-10H,6H2,1H3,(H,20,21). The first-order valence-corrected chi connectivity index (χ1v) is 8.04. The fraction of sp³-hybridized carbons (Fsp3) is 0.188. The van der Waals surface area contributed by atoms with Crippen LogP contribution in [-0.4, -0.2) is 11.9 Å². The van der Waals surface area contributed by atoms with Gasteiger partial charge in [0, 0.05) is 20.6 Å². The van der Waals surface area contributed by atoms with Gasteiger partial charge in [-0.3, -0.25) is 4.79 Å². The summed E-state index contributed by atoms with van der Waals surface area (Å²) in [6, 6.07) is 11.7. The molecule has 0 heterocycles. The molecular weight excluding hydrogens is 401 g/mol. The highest BCUT2D eigenvalue weighted by molar-refractivity contribution is 9.11. The van der Waals surface area contributed by atoms with Gasteiger partial charge < -0.3 is 5.32 Å². The van der Waals surface area contributed by atoms with Gasteiger partial charge in [-0.1, -0.05) is 44.0 Å². The van der Waals surface area contributed by atoms with E-state index in [0.717, 1.165) is 14.5 Å². The Morgan fingerprint density at radius 2 is 1.71 bits per heavy atom. The third kappa shape index (κ3) is 4.93. The molecule has 1 amide bonds. The quantitative estimate of drug-likeness (QED) is 0.770. The third-order valence-corrected chi connectivity index (χ3v) is 3.87. The predicted octanol–water partition coefficient (Wildman–Crippen LogP) is 4.71. The molecule has 1 unspecified atom stereocenters. The first-order valence-electron chi connectivity index (χ1n) is 6.45. The Hall–Kier alpha value is -1.20. The molecule has 0 spiro atoms. The summed E-state index contributed by atoms with van der Waals surface area (Å²) in [6.07, 6.45) is 0.654. The van der Waals surface area contributed by atoms with Crippen LogP contribution in [0.4, 0.5) is 4.39 Å². The molecular formula is C16H14Br2FNO. The summed E-state index contributed by atoms with van der Waals surface area (Å²) in [5.41, 5.74) is 1.57. The van der Waals surface area contributed by atoms with Gasteiger partial charge in [-0.05, 0) is 49.2 Å². The highest BCUT2D eigenvalue weighted by atomic mass is 79.9. The molecule has 2 aromatic carbocycles. The minimum Gasteiger partial charge on any atom is -0.349 e. The number of hydrogen-bond donors (Lipinski definition) is 1. The van der Waals surface area contributed by atoms with Gasteiger partial charge in [-0.25, -0.2) is 4.39 Å². The second kappa shape index (κ2) is 7.18. The van der Waals surface area contributed by atoms with Gasteiger partial charge in [0.2, 0.25) is 0 Å². The molecule has 110 valence electrons. The van der Waals surface area contributed by atoms with Crippen LogP contribution in [0.5, 0.6) is 0 Å². The average molecular weight is 415 g/mol. The van der Waals surface area contributed by atoms with E-state index in [4.69, 9.17) is 0 Å². The van der Waals surface area contributed by atoms with Crippen molar-refractivity contribution >= 4 is 37.8 Å². The molecule has 0 aliphatic carbocycles. The molecule has 2 rings (SSSR count). The number of benzene rings is 2. The largest absolute Gasteiger partial charge is 0.349 e. The first-order chi connectivity index (χ1) is 9.94. The molecule has 2 aromatic rings. The van der Waals surface area contributed by atoms with Crippen LogP contribution in [0.25, 0.3) is 0 Å². The summed E-state index contributed by atoms with van der Waals surface area (Å²) < 4.78 is 14.5. The van der Waals surface area contributed by atoms with Crippen molar-refractivity contribution in [1.82, 2.24) is 5.32 Å². The lowest BCUT2D eigenvalue weighted by Crippen LogP contribution is -2.34. The van der Waals surface area contributed by atoms with Crippen LogP contribution in [0.1, 0.15) is 22.8 Å². The summed E-state index contributed by atoms with van der Waals surface area (Å²) in [5.74, 6) is -0.388. The van der Waals surface area contributed by atoms with Crippen molar-refractivity contribution in [2.45, 2.75) is 19.4 Å². The van der Waals surface area contributed by atoms with E-state index in [1.165, 1.54) is 12.1 Å². The van der Waals surface area contributed by atoms with E-state index >= 15 is 0 Å². The zero-order chi connectivity index (χ0) is 15.4. The number of carbonyl (C=O) groups is 1. The molecule has 0 radical (unpaired) electrons. The van der Waals surface area contributed by atoms with Crippen molar-refractivity contribution in [3.05, 3.63) is 68.4 Å². The smallest absolute Gasteiger partial charge is 0.251 e. The van der Waals surface area contributed by atoms with Crippen LogP contribution in [-0.2, 0) is 6.42 Å². The van der Waals surface area contributed by atoms with Gasteiger partial charge in [0.25, 0.3) is 5.91 Å². The minimum atomic E-state index is -0.255. The van der Waals surface area contributed by atoms with Crippen LogP contribution in [0.15, 0.2) is 51.4 Å². The van der Waals surface area contributed by atoms with Crippen LogP contribution < -0.4 is 5.32 Å². The number of carbonyl (C=O) groups excluding carboxylic acids is 1. The molecule has 0 bridgehead atoms. The molecule has 5 heteroatoms. The van der Waals surface area contributed by atoms with Crippen LogP contribution in [0.2, 0.25) is 0 Å². The van der Waals surface area contributed by atoms with E-state index in [0.29, 0.717) is 12.0 Å². The first kappa shape index (κ1) is 16.2. The zero-order valence-electron chi connectivity index (χ0n) is 11.4.